The molecule has 0 spiro atoms. The van der Waals surface area contributed by atoms with E-state index in [1.54, 1.807) is 20.3 Å². The van der Waals surface area contributed by atoms with E-state index < -0.39 is 0 Å². The van der Waals surface area contributed by atoms with Gasteiger partial charge in [-0.25, -0.2) is 4.39 Å². The zero-order chi connectivity index (χ0) is 16.8. The molecule has 1 atom stereocenters. The van der Waals surface area contributed by atoms with Gasteiger partial charge < -0.3 is 15.2 Å². The maximum atomic E-state index is 13.7. The van der Waals surface area contributed by atoms with Gasteiger partial charge in [-0.1, -0.05) is 19.1 Å². The lowest BCUT2D eigenvalue weighted by Crippen LogP contribution is -2.16. The first-order valence-electron chi connectivity index (χ1n) is 7.82. The Balaban J connectivity index is 2.38. The maximum Gasteiger partial charge on any atom is 0.123 e. The van der Waals surface area contributed by atoms with Crippen LogP contribution in [0.25, 0.3) is 0 Å². The predicted octanol–water partition coefficient (Wildman–Crippen LogP) is 3.69. The third-order valence-corrected chi connectivity index (χ3v) is 4.14. The fraction of sp³-hybridized carbons (Fsp3) is 0.368. The van der Waals surface area contributed by atoms with Gasteiger partial charge >= 0.3 is 0 Å². The van der Waals surface area contributed by atoms with Crippen molar-refractivity contribution in [3.63, 3.8) is 0 Å². The predicted molar refractivity (Wildman–Crippen MR) is 90.8 cm³/mol. The molecular formula is C19H24FNO2. The molecule has 4 heteroatoms. The van der Waals surface area contributed by atoms with E-state index >= 15 is 0 Å². The van der Waals surface area contributed by atoms with Crippen LogP contribution in [0.1, 0.15) is 29.5 Å². The highest BCUT2D eigenvalue weighted by atomic mass is 19.1. The van der Waals surface area contributed by atoms with Gasteiger partial charge in [0.05, 0.1) is 14.2 Å². The van der Waals surface area contributed by atoms with Gasteiger partial charge in [0.15, 0.2) is 0 Å². The fourth-order valence-electron chi connectivity index (χ4n) is 2.82. The van der Waals surface area contributed by atoms with Crippen molar-refractivity contribution >= 4 is 0 Å². The molecule has 2 aromatic carbocycles. The lowest BCUT2D eigenvalue weighted by Gasteiger charge is -2.20. The van der Waals surface area contributed by atoms with Gasteiger partial charge in [0, 0.05) is 11.5 Å². The largest absolute Gasteiger partial charge is 0.496 e. The molecule has 2 rings (SSSR count). The van der Waals surface area contributed by atoms with Crippen LogP contribution in [0, 0.1) is 5.82 Å². The fourth-order valence-corrected chi connectivity index (χ4v) is 2.82. The summed E-state index contributed by atoms with van der Waals surface area (Å²) in [4.78, 5) is 0. The zero-order valence-electron chi connectivity index (χ0n) is 13.9. The molecule has 2 N–H and O–H groups in total. The topological polar surface area (TPSA) is 44.5 Å². The molecule has 0 saturated carbocycles. The molecule has 0 aliphatic rings. The molecule has 124 valence electrons. The minimum absolute atomic E-state index is 0.0401. The van der Waals surface area contributed by atoms with Crippen LogP contribution >= 0.6 is 0 Å². The first-order chi connectivity index (χ1) is 11.1. The minimum atomic E-state index is -0.284. The minimum Gasteiger partial charge on any atom is -0.496 e. The van der Waals surface area contributed by atoms with Crippen molar-refractivity contribution in [1.29, 1.82) is 0 Å². The van der Waals surface area contributed by atoms with E-state index in [1.165, 1.54) is 17.7 Å². The monoisotopic (exact) mass is 317 g/mol. The van der Waals surface area contributed by atoms with Crippen LogP contribution in [0.5, 0.6) is 11.5 Å². The molecular weight excluding hydrogens is 293 g/mol. The Morgan fingerprint density at radius 3 is 2.35 bits per heavy atom. The van der Waals surface area contributed by atoms with E-state index in [0.29, 0.717) is 18.7 Å². The molecule has 0 radical (unpaired) electrons. The molecule has 0 amide bonds. The van der Waals surface area contributed by atoms with Crippen LogP contribution in [0.2, 0.25) is 0 Å². The summed E-state index contributed by atoms with van der Waals surface area (Å²) in [5.41, 5.74) is 9.08. The van der Waals surface area contributed by atoms with Crippen molar-refractivity contribution in [3.05, 3.63) is 58.9 Å². The number of halogens is 1. The number of ether oxygens (including phenoxy) is 2. The molecule has 0 heterocycles. The SMILES string of the molecule is CCc1ccc(OC)c(CC(CN)c2cc(F)ccc2OC)c1. The Morgan fingerprint density at radius 1 is 1.04 bits per heavy atom. The molecule has 3 nitrogen and oxygen atoms in total. The Labute approximate surface area is 137 Å². The lowest BCUT2D eigenvalue weighted by molar-refractivity contribution is 0.399. The Bertz CT molecular complexity index is 658. The number of aryl methyl sites for hydroxylation is 1. The van der Waals surface area contributed by atoms with Crippen molar-refractivity contribution < 1.29 is 13.9 Å². The molecule has 0 fully saturated rings. The Morgan fingerprint density at radius 2 is 1.74 bits per heavy atom. The highest BCUT2D eigenvalue weighted by Gasteiger charge is 2.18. The first kappa shape index (κ1) is 17.3. The highest BCUT2D eigenvalue weighted by Crippen LogP contribution is 2.32. The third kappa shape index (κ3) is 4.02. The quantitative estimate of drug-likeness (QED) is 0.847. The number of rotatable bonds is 7. The second-order valence-corrected chi connectivity index (χ2v) is 5.52. The van der Waals surface area contributed by atoms with Gasteiger partial charge in [-0.2, -0.15) is 0 Å². The molecule has 0 bridgehead atoms. The number of nitrogens with two attached hydrogens (primary N) is 1. The molecule has 23 heavy (non-hydrogen) atoms. The smallest absolute Gasteiger partial charge is 0.123 e. The third-order valence-electron chi connectivity index (χ3n) is 4.14. The highest BCUT2D eigenvalue weighted by molar-refractivity contribution is 5.42. The number of hydrogen-bond acceptors (Lipinski definition) is 3. The summed E-state index contributed by atoms with van der Waals surface area (Å²) >= 11 is 0. The van der Waals surface area contributed by atoms with E-state index in [9.17, 15) is 4.39 Å². The first-order valence-corrected chi connectivity index (χ1v) is 7.82. The lowest BCUT2D eigenvalue weighted by atomic mass is 9.90. The van der Waals surface area contributed by atoms with Gasteiger partial charge in [-0.15, -0.1) is 0 Å². The van der Waals surface area contributed by atoms with Crippen molar-refractivity contribution in [2.45, 2.75) is 25.7 Å². The molecule has 2 aromatic rings. The number of methoxy groups -OCH3 is 2. The molecule has 0 aliphatic heterocycles. The van der Waals surface area contributed by atoms with Crippen molar-refractivity contribution in [2.75, 3.05) is 20.8 Å². The van der Waals surface area contributed by atoms with Crippen molar-refractivity contribution in [2.24, 2.45) is 5.73 Å². The van der Waals surface area contributed by atoms with Crippen molar-refractivity contribution in [1.82, 2.24) is 0 Å². The molecule has 0 saturated heterocycles. The van der Waals surface area contributed by atoms with Crippen LogP contribution in [0.3, 0.4) is 0 Å². The van der Waals surface area contributed by atoms with E-state index in [4.69, 9.17) is 15.2 Å². The second-order valence-electron chi connectivity index (χ2n) is 5.52. The van der Waals surface area contributed by atoms with Crippen LogP contribution in [0.15, 0.2) is 36.4 Å². The van der Waals surface area contributed by atoms with Gasteiger partial charge in [0.2, 0.25) is 0 Å². The maximum absolute atomic E-state index is 13.7. The summed E-state index contributed by atoms with van der Waals surface area (Å²) in [7, 11) is 3.24. The average Bonchev–Trinajstić information content (AvgIpc) is 2.59. The standard InChI is InChI=1S/C19H24FNO2/c1-4-13-5-7-18(22-2)14(9-13)10-15(12-21)17-11-16(20)6-8-19(17)23-3/h5-9,11,15H,4,10,12,21H2,1-3H3. The van der Waals surface area contributed by atoms with E-state index in [-0.39, 0.29) is 11.7 Å². The summed E-state index contributed by atoms with van der Waals surface area (Å²) in [5, 5.41) is 0. The summed E-state index contributed by atoms with van der Waals surface area (Å²) in [6, 6.07) is 10.7. The Kier molecular flexibility index (Phi) is 5.99. The van der Waals surface area contributed by atoms with Crippen LogP contribution in [-0.4, -0.2) is 20.8 Å². The van der Waals surface area contributed by atoms with Crippen LogP contribution in [0.4, 0.5) is 4.39 Å². The molecule has 0 aromatic heterocycles. The van der Waals surface area contributed by atoms with Gasteiger partial charge in [0.25, 0.3) is 0 Å². The second kappa shape index (κ2) is 7.97. The summed E-state index contributed by atoms with van der Waals surface area (Å²) < 4.78 is 24.5. The van der Waals surface area contributed by atoms with E-state index in [1.807, 2.05) is 6.07 Å². The Hall–Kier alpha value is -2.07. The summed E-state index contributed by atoms with van der Waals surface area (Å²) in [6.07, 6.45) is 1.63. The van der Waals surface area contributed by atoms with Crippen LogP contribution < -0.4 is 15.2 Å². The van der Waals surface area contributed by atoms with Crippen LogP contribution in [-0.2, 0) is 12.8 Å². The number of hydrogen-bond donors (Lipinski definition) is 1. The average molecular weight is 317 g/mol. The number of benzene rings is 2. The summed E-state index contributed by atoms with van der Waals surface area (Å²) in [6.45, 7) is 2.51. The normalized spacial score (nSPS) is 12.0. The van der Waals surface area contributed by atoms with Crippen molar-refractivity contribution in [3.8, 4) is 11.5 Å². The molecule has 0 aliphatic carbocycles. The summed E-state index contributed by atoms with van der Waals surface area (Å²) in [5.74, 6) is 1.17. The molecule has 1 unspecified atom stereocenters. The van der Waals surface area contributed by atoms with Gasteiger partial charge in [-0.3, -0.25) is 0 Å². The van der Waals surface area contributed by atoms with E-state index in [0.717, 1.165) is 23.3 Å². The van der Waals surface area contributed by atoms with Gasteiger partial charge in [-0.05, 0) is 54.8 Å². The van der Waals surface area contributed by atoms with Gasteiger partial charge in [0.1, 0.15) is 17.3 Å². The zero-order valence-corrected chi connectivity index (χ0v) is 13.9. The van der Waals surface area contributed by atoms with E-state index in [2.05, 4.69) is 19.1 Å².